The molecule has 0 saturated carbocycles. The van der Waals surface area contributed by atoms with Crippen molar-refractivity contribution in [3.05, 3.63) is 44.2 Å². The van der Waals surface area contributed by atoms with E-state index in [-0.39, 0.29) is 11.1 Å². The fourth-order valence-electron chi connectivity index (χ4n) is 2.94. The zero-order valence-corrected chi connectivity index (χ0v) is 12.2. The fourth-order valence-corrected chi connectivity index (χ4v) is 2.94. The van der Waals surface area contributed by atoms with Crippen LogP contribution in [-0.4, -0.2) is 34.1 Å². The van der Waals surface area contributed by atoms with Crippen molar-refractivity contribution < 1.29 is 14.8 Å². The number of carbonyl (C=O) groups is 1. The molecule has 2 aromatic rings. The molecule has 23 heavy (non-hydrogen) atoms. The van der Waals surface area contributed by atoms with Crippen LogP contribution in [0.2, 0.25) is 0 Å². The molecule has 1 fully saturated rings. The molecule has 1 aliphatic rings. The third-order valence-corrected chi connectivity index (χ3v) is 4.10. The number of aromatic amines is 1. The number of nitrogens with one attached hydrogen (secondary N) is 1. The number of nitro groups is 1. The van der Waals surface area contributed by atoms with Crippen LogP contribution in [0.4, 0.5) is 11.4 Å². The van der Waals surface area contributed by atoms with Crippen molar-refractivity contribution in [2.75, 3.05) is 18.0 Å². The van der Waals surface area contributed by atoms with Crippen LogP contribution in [0.1, 0.15) is 29.6 Å². The van der Waals surface area contributed by atoms with Crippen molar-refractivity contribution >= 4 is 28.2 Å². The minimum atomic E-state index is -1.36. The summed E-state index contributed by atoms with van der Waals surface area (Å²) in [6.45, 7) is 1.45. The first-order chi connectivity index (χ1) is 11.0. The van der Waals surface area contributed by atoms with Gasteiger partial charge in [0.05, 0.1) is 15.8 Å². The zero-order valence-electron chi connectivity index (χ0n) is 12.2. The first kappa shape index (κ1) is 15.0. The van der Waals surface area contributed by atoms with Gasteiger partial charge < -0.3 is 15.0 Å². The predicted octanol–water partition coefficient (Wildman–Crippen LogP) is 2.12. The number of hydrogen-bond acceptors (Lipinski definition) is 5. The van der Waals surface area contributed by atoms with Gasteiger partial charge in [-0.05, 0) is 25.3 Å². The van der Waals surface area contributed by atoms with Crippen LogP contribution >= 0.6 is 0 Å². The van der Waals surface area contributed by atoms with Crippen LogP contribution in [0.3, 0.4) is 0 Å². The first-order valence-corrected chi connectivity index (χ1v) is 7.31. The standard InChI is InChI=1S/C15H15N3O5/c19-14-9-6-13(18(22)23)12(17-4-2-1-3-5-17)7-11(9)16-8-10(14)15(20)21/h6-8H,1-5H2,(H,16,19)(H,20,21). The molecule has 8 heteroatoms. The second-order valence-corrected chi connectivity index (χ2v) is 5.53. The van der Waals surface area contributed by atoms with Crippen molar-refractivity contribution in [2.45, 2.75) is 19.3 Å². The molecule has 3 rings (SSSR count). The highest BCUT2D eigenvalue weighted by Gasteiger charge is 2.24. The van der Waals surface area contributed by atoms with Crippen molar-refractivity contribution in [1.82, 2.24) is 4.98 Å². The van der Waals surface area contributed by atoms with Crippen molar-refractivity contribution in [1.29, 1.82) is 0 Å². The van der Waals surface area contributed by atoms with Crippen LogP contribution in [0.5, 0.6) is 0 Å². The summed E-state index contributed by atoms with van der Waals surface area (Å²) < 4.78 is 0. The SMILES string of the molecule is O=C(O)c1c[nH]c2cc(N3CCCCC3)c([N+](=O)[O-])cc2c1=O. The molecule has 1 aromatic carbocycles. The van der Waals surface area contributed by atoms with Gasteiger partial charge in [0.1, 0.15) is 11.3 Å². The Labute approximate surface area is 130 Å². The monoisotopic (exact) mass is 317 g/mol. The summed E-state index contributed by atoms with van der Waals surface area (Å²) in [7, 11) is 0. The molecule has 0 amide bonds. The Bertz CT molecular complexity index is 852. The molecule has 1 saturated heterocycles. The van der Waals surface area contributed by atoms with E-state index in [1.54, 1.807) is 6.07 Å². The molecule has 0 bridgehead atoms. The Morgan fingerprint density at radius 3 is 2.57 bits per heavy atom. The second-order valence-electron chi connectivity index (χ2n) is 5.53. The maximum Gasteiger partial charge on any atom is 0.341 e. The molecule has 0 unspecified atom stereocenters. The summed E-state index contributed by atoms with van der Waals surface area (Å²) >= 11 is 0. The summed E-state index contributed by atoms with van der Waals surface area (Å²) in [4.78, 5) is 38.8. The Hall–Kier alpha value is -2.90. The number of nitrogens with zero attached hydrogens (tertiary/aromatic N) is 2. The largest absolute Gasteiger partial charge is 0.477 e. The van der Waals surface area contributed by atoms with Crippen LogP contribution in [-0.2, 0) is 0 Å². The predicted molar refractivity (Wildman–Crippen MR) is 84.2 cm³/mol. The number of pyridine rings is 1. The molecule has 8 nitrogen and oxygen atoms in total. The van der Waals surface area contributed by atoms with E-state index in [4.69, 9.17) is 5.11 Å². The Kier molecular flexibility index (Phi) is 3.73. The van der Waals surface area contributed by atoms with E-state index in [1.807, 2.05) is 4.90 Å². The number of fused-ring (bicyclic) bond motifs is 1. The number of aromatic nitrogens is 1. The molecule has 120 valence electrons. The van der Waals surface area contributed by atoms with Gasteiger partial charge in [0.15, 0.2) is 0 Å². The Morgan fingerprint density at radius 1 is 1.26 bits per heavy atom. The summed E-state index contributed by atoms with van der Waals surface area (Å²) in [5.41, 5.74) is -0.475. The smallest absolute Gasteiger partial charge is 0.341 e. The summed E-state index contributed by atoms with van der Waals surface area (Å²) in [6, 6.07) is 2.73. The number of piperidine rings is 1. The topological polar surface area (TPSA) is 117 Å². The maximum absolute atomic E-state index is 12.2. The number of anilines is 1. The number of hydrogen-bond donors (Lipinski definition) is 2. The highest BCUT2D eigenvalue weighted by molar-refractivity contribution is 5.94. The number of rotatable bonds is 3. The van der Waals surface area contributed by atoms with Crippen LogP contribution in [0, 0.1) is 10.1 Å². The zero-order chi connectivity index (χ0) is 16.6. The highest BCUT2D eigenvalue weighted by atomic mass is 16.6. The first-order valence-electron chi connectivity index (χ1n) is 7.31. The highest BCUT2D eigenvalue weighted by Crippen LogP contribution is 2.33. The number of nitro benzene ring substituents is 1. The van der Waals surface area contributed by atoms with Gasteiger partial charge in [-0.25, -0.2) is 4.79 Å². The third-order valence-electron chi connectivity index (χ3n) is 4.10. The van der Waals surface area contributed by atoms with Gasteiger partial charge >= 0.3 is 5.97 Å². The van der Waals surface area contributed by atoms with Crippen LogP contribution in [0.25, 0.3) is 10.9 Å². The van der Waals surface area contributed by atoms with E-state index >= 15 is 0 Å². The molecule has 0 radical (unpaired) electrons. The van der Waals surface area contributed by atoms with Gasteiger partial charge in [-0.3, -0.25) is 14.9 Å². The molecule has 1 aliphatic heterocycles. The number of benzene rings is 1. The average Bonchev–Trinajstić information content (AvgIpc) is 2.54. The van der Waals surface area contributed by atoms with E-state index in [2.05, 4.69) is 4.98 Å². The maximum atomic E-state index is 12.2. The Morgan fingerprint density at radius 2 is 1.96 bits per heavy atom. The summed E-state index contributed by atoms with van der Waals surface area (Å²) in [5, 5.41) is 20.4. The van der Waals surface area contributed by atoms with Crippen LogP contribution < -0.4 is 10.3 Å². The van der Waals surface area contributed by atoms with E-state index in [9.17, 15) is 19.7 Å². The lowest BCUT2D eigenvalue weighted by Gasteiger charge is -2.28. The van der Waals surface area contributed by atoms with E-state index in [1.165, 1.54) is 6.07 Å². The second kappa shape index (κ2) is 5.71. The van der Waals surface area contributed by atoms with E-state index in [0.717, 1.165) is 38.5 Å². The van der Waals surface area contributed by atoms with Crippen molar-refractivity contribution in [3.63, 3.8) is 0 Å². The lowest BCUT2D eigenvalue weighted by atomic mass is 10.1. The van der Waals surface area contributed by atoms with Gasteiger partial charge in [-0.1, -0.05) is 0 Å². The van der Waals surface area contributed by atoms with Gasteiger partial charge in [-0.2, -0.15) is 0 Å². The molecule has 1 aromatic heterocycles. The van der Waals surface area contributed by atoms with Crippen molar-refractivity contribution in [3.8, 4) is 0 Å². The molecular weight excluding hydrogens is 302 g/mol. The van der Waals surface area contributed by atoms with E-state index < -0.39 is 21.9 Å². The minimum absolute atomic E-state index is 0.0114. The number of H-pyrrole nitrogens is 1. The number of aromatic carboxylic acids is 1. The van der Waals surface area contributed by atoms with Crippen LogP contribution in [0.15, 0.2) is 23.1 Å². The molecular formula is C15H15N3O5. The summed E-state index contributed by atoms with van der Waals surface area (Å²) in [5.74, 6) is -1.36. The molecule has 0 aliphatic carbocycles. The molecule has 0 spiro atoms. The lowest BCUT2D eigenvalue weighted by Crippen LogP contribution is -2.30. The summed E-state index contributed by atoms with van der Waals surface area (Å²) in [6.07, 6.45) is 4.14. The van der Waals surface area contributed by atoms with Gasteiger partial charge in [0.2, 0.25) is 5.43 Å². The lowest BCUT2D eigenvalue weighted by molar-refractivity contribution is -0.384. The van der Waals surface area contributed by atoms with Gasteiger partial charge in [-0.15, -0.1) is 0 Å². The molecule has 0 atom stereocenters. The quantitative estimate of drug-likeness (QED) is 0.661. The van der Waals surface area contributed by atoms with Crippen molar-refractivity contribution in [2.24, 2.45) is 0 Å². The number of carboxylic acids is 1. The average molecular weight is 317 g/mol. The number of carboxylic acid groups (broad SMARTS) is 1. The Balaban J connectivity index is 2.23. The van der Waals surface area contributed by atoms with E-state index in [0.29, 0.717) is 11.2 Å². The van der Waals surface area contributed by atoms with Gasteiger partial charge in [0, 0.05) is 25.4 Å². The third kappa shape index (κ3) is 2.63. The fraction of sp³-hybridized carbons (Fsp3) is 0.333. The molecule has 2 heterocycles. The normalized spacial score (nSPS) is 14.9. The minimum Gasteiger partial charge on any atom is -0.477 e. The molecule has 2 N–H and O–H groups in total. The van der Waals surface area contributed by atoms with Gasteiger partial charge in [0.25, 0.3) is 5.69 Å².